The lowest BCUT2D eigenvalue weighted by Crippen LogP contribution is -2.56. The quantitative estimate of drug-likeness (QED) is 0.756. The number of aliphatic hydroxyl groups is 1. The topological polar surface area (TPSA) is 43.8 Å². The van der Waals surface area contributed by atoms with Crippen LogP contribution in [0.25, 0.3) is 0 Å². The van der Waals surface area contributed by atoms with Crippen molar-refractivity contribution >= 4 is 11.6 Å². The summed E-state index contributed by atoms with van der Waals surface area (Å²) in [4.78, 5) is 17.8. The molecule has 1 aliphatic carbocycles. The first-order valence-corrected chi connectivity index (χ1v) is 11.5. The van der Waals surface area contributed by atoms with Crippen molar-refractivity contribution < 1.29 is 9.90 Å². The summed E-state index contributed by atoms with van der Waals surface area (Å²) >= 11 is 0. The van der Waals surface area contributed by atoms with Crippen molar-refractivity contribution in [3.05, 3.63) is 65.7 Å². The van der Waals surface area contributed by atoms with Gasteiger partial charge in [-0.25, -0.2) is 0 Å². The summed E-state index contributed by atoms with van der Waals surface area (Å²) < 4.78 is 0. The van der Waals surface area contributed by atoms with Gasteiger partial charge in [0, 0.05) is 36.8 Å². The van der Waals surface area contributed by atoms with Crippen LogP contribution in [0.3, 0.4) is 0 Å². The second kappa shape index (κ2) is 8.81. The standard InChI is InChI=1S/C26H34N2O2/c1-3-27(4-2)22-15-13-20(14-16-22)24-23-12-8-9-17-26(23,30)18-19-28(24)25(29)21-10-6-5-7-11-21/h5-7,10-11,13-16,23-24,30H,3-4,8-9,12,17-19H2,1-2H3/t23?,24-,26?/m0/s1. The summed E-state index contributed by atoms with van der Waals surface area (Å²) in [6, 6.07) is 18.2. The van der Waals surface area contributed by atoms with Crippen LogP contribution in [0.15, 0.2) is 54.6 Å². The molecule has 3 atom stereocenters. The second-order valence-electron chi connectivity index (χ2n) is 8.78. The molecular weight excluding hydrogens is 372 g/mol. The number of hydrogen-bond acceptors (Lipinski definition) is 3. The fraction of sp³-hybridized carbons (Fsp3) is 0.500. The van der Waals surface area contributed by atoms with Gasteiger partial charge in [-0.05, 0) is 62.9 Å². The van der Waals surface area contributed by atoms with E-state index in [1.54, 1.807) is 0 Å². The summed E-state index contributed by atoms with van der Waals surface area (Å²) in [6.07, 6.45) is 4.68. The van der Waals surface area contributed by atoms with Gasteiger partial charge in [0.2, 0.25) is 0 Å². The van der Waals surface area contributed by atoms with Crippen LogP contribution in [0.4, 0.5) is 5.69 Å². The molecule has 1 N–H and O–H groups in total. The van der Waals surface area contributed by atoms with Crippen molar-refractivity contribution in [1.29, 1.82) is 0 Å². The van der Waals surface area contributed by atoms with E-state index in [2.05, 4.69) is 43.0 Å². The maximum Gasteiger partial charge on any atom is 0.254 e. The Morgan fingerprint density at radius 2 is 1.73 bits per heavy atom. The number of piperidine rings is 1. The molecule has 0 radical (unpaired) electrons. The first-order valence-electron chi connectivity index (χ1n) is 11.5. The Morgan fingerprint density at radius 3 is 2.40 bits per heavy atom. The van der Waals surface area contributed by atoms with Gasteiger partial charge < -0.3 is 14.9 Å². The molecular formula is C26H34N2O2. The van der Waals surface area contributed by atoms with Crippen molar-refractivity contribution in [3.63, 3.8) is 0 Å². The van der Waals surface area contributed by atoms with E-state index in [1.165, 1.54) is 5.69 Å². The van der Waals surface area contributed by atoms with Crippen LogP contribution in [-0.4, -0.2) is 41.1 Å². The van der Waals surface area contributed by atoms with Crippen LogP contribution in [0.2, 0.25) is 0 Å². The number of fused-ring (bicyclic) bond motifs is 1. The van der Waals surface area contributed by atoms with E-state index >= 15 is 0 Å². The molecule has 1 aliphatic heterocycles. The van der Waals surface area contributed by atoms with Crippen LogP contribution < -0.4 is 4.90 Å². The van der Waals surface area contributed by atoms with Gasteiger partial charge in [-0.2, -0.15) is 0 Å². The fourth-order valence-electron chi connectivity index (χ4n) is 5.54. The average Bonchev–Trinajstić information content (AvgIpc) is 2.79. The third-order valence-corrected chi connectivity index (χ3v) is 7.21. The molecule has 2 unspecified atom stereocenters. The monoisotopic (exact) mass is 406 g/mol. The van der Waals surface area contributed by atoms with E-state index in [4.69, 9.17) is 0 Å². The second-order valence-corrected chi connectivity index (χ2v) is 8.78. The molecule has 1 saturated carbocycles. The van der Waals surface area contributed by atoms with Gasteiger partial charge in [0.05, 0.1) is 11.6 Å². The molecule has 2 aromatic rings. The normalized spacial score (nSPS) is 26.2. The number of likely N-dealkylation sites (tertiary alicyclic amines) is 1. The predicted octanol–water partition coefficient (Wildman–Crippen LogP) is 5.04. The molecule has 4 nitrogen and oxygen atoms in total. The van der Waals surface area contributed by atoms with Crippen molar-refractivity contribution in [2.75, 3.05) is 24.5 Å². The summed E-state index contributed by atoms with van der Waals surface area (Å²) in [6.45, 7) is 6.88. The minimum atomic E-state index is -0.659. The lowest BCUT2D eigenvalue weighted by atomic mass is 9.66. The Labute approximate surface area is 180 Å². The summed E-state index contributed by atoms with van der Waals surface area (Å²) in [5.41, 5.74) is 2.41. The Bertz CT molecular complexity index is 847. The van der Waals surface area contributed by atoms with E-state index < -0.39 is 5.60 Å². The minimum Gasteiger partial charge on any atom is -0.389 e. The number of hydrogen-bond donors (Lipinski definition) is 1. The number of anilines is 1. The van der Waals surface area contributed by atoms with Crippen molar-refractivity contribution in [2.24, 2.45) is 5.92 Å². The fourth-order valence-corrected chi connectivity index (χ4v) is 5.54. The van der Waals surface area contributed by atoms with Gasteiger partial charge >= 0.3 is 0 Å². The zero-order chi connectivity index (χ0) is 21.1. The number of benzene rings is 2. The van der Waals surface area contributed by atoms with Gasteiger partial charge in [0.15, 0.2) is 0 Å². The van der Waals surface area contributed by atoms with Crippen LogP contribution in [0, 0.1) is 5.92 Å². The van der Waals surface area contributed by atoms with Gasteiger partial charge in [-0.1, -0.05) is 43.2 Å². The number of rotatable bonds is 5. The highest BCUT2D eigenvalue weighted by atomic mass is 16.3. The molecule has 4 rings (SSSR count). The van der Waals surface area contributed by atoms with E-state index in [0.717, 1.165) is 49.9 Å². The third kappa shape index (κ3) is 3.85. The van der Waals surface area contributed by atoms with Crippen LogP contribution in [-0.2, 0) is 0 Å². The number of carbonyl (C=O) groups excluding carboxylic acids is 1. The first-order chi connectivity index (χ1) is 14.6. The highest BCUT2D eigenvalue weighted by Crippen LogP contribution is 2.49. The Morgan fingerprint density at radius 1 is 1.03 bits per heavy atom. The molecule has 2 aromatic carbocycles. The van der Waals surface area contributed by atoms with Crippen LogP contribution in [0.1, 0.15) is 67.9 Å². The summed E-state index contributed by atoms with van der Waals surface area (Å²) in [5, 5.41) is 11.5. The predicted molar refractivity (Wildman–Crippen MR) is 122 cm³/mol. The van der Waals surface area contributed by atoms with Gasteiger partial charge in [-0.15, -0.1) is 0 Å². The van der Waals surface area contributed by atoms with Gasteiger partial charge in [0.1, 0.15) is 0 Å². The third-order valence-electron chi connectivity index (χ3n) is 7.21. The molecule has 0 aromatic heterocycles. The zero-order valence-electron chi connectivity index (χ0n) is 18.3. The lowest BCUT2D eigenvalue weighted by Gasteiger charge is -2.52. The van der Waals surface area contributed by atoms with Crippen molar-refractivity contribution in [3.8, 4) is 0 Å². The van der Waals surface area contributed by atoms with Gasteiger partial charge in [-0.3, -0.25) is 4.79 Å². The average molecular weight is 407 g/mol. The molecule has 2 fully saturated rings. The number of carbonyl (C=O) groups is 1. The largest absolute Gasteiger partial charge is 0.389 e. The number of nitrogens with zero attached hydrogens (tertiary/aromatic N) is 2. The summed E-state index contributed by atoms with van der Waals surface area (Å²) in [5.74, 6) is 0.160. The van der Waals surface area contributed by atoms with E-state index in [1.807, 2.05) is 35.2 Å². The Kier molecular flexibility index (Phi) is 6.14. The highest BCUT2D eigenvalue weighted by molar-refractivity contribution is 5.94. The zero-order valence-corrected chi connectivity index (χ0v) is 18.3. The molecule has 1 amide bonds. The van der Waals surface area contributed by atoms with Crippen molar-refractivity contribution in [1.82, 2.24) is 4.90 Å². The van der Waals surface area contributed by atoms with E-state index in [0.29, 0.717) is 13.0 Å². The maximum absolute atomic E-state index is 13.5. The molecule has 1 saturated heterocycles. The Balaban J connectivity index is 1.71. The molecule has 4 heteroatoms. The molecule has 160 valence electrons. The summed E-state index contributed by atoms with van der Waals surface area (Å²) in [7, 11) is 0. The highest BCUT2D eigenvalue weighted by Gasteiger charge is 2.50. The molecule has 0 bridgehead atoms. The van der Waals surface area contributed by atoms with Crippen molar-refractivity contribution in [2.45, 2.75) is 57.6 Å². The lowest BCUT2D eigenvalue weighted by molar-refractivity contribution is -0.115. The van der Waals surface area contributed by atoms with E-state index in [-0.39, 0.29) is 17.9 Å². The minimum absolute atomic E-state index is 0.0704. The van der Waals surface area contributed by atoms with Crippen LogP contribution in [0.5, 0.6) is 0 Å². The molecule has 0 spiro atoms. The number of amides is 1. The smallest absolute Gasteiger partial charge is 0.254 e. The van der Waals surface area contributed by atoms with Gasteiger partial charge in [0.25, 0.3) is 5.91 Å². The first kappa shape index (κ1) is 20.9. The van der Waals surface area contributed by atoms with Crippen LogP contribution >= 0.6 is 0 Å². The van der Waals surface area contributed by atoms with E-state index in [9.17, 15) is 9.90 Å². The molecule has 30 heavy (non-hydrogen) atoms. The SMILES string of the molecule is CCN(CC)c1ccc([C@H]2C3CCCCC3(O)CCN2C(=O)c2ccccc2)cc1. The Hall–Kier alpha value is -2.33. The molecule has 1 heterocycles. The molecule has 2 aliphatic rings. The maximum atomic E-state index is 13.5.